The van der Waals surface area contributed by atoms with Crippen molar-refractivity contribution in [2.75, 3.05) is 13.1 Å². The third-order valence-corrected chi connectivity index (χ3v) is 5.39. The zero-order chi connectivity index (χ0) is 22.0. The van der Waals surface area contributed by atoms with Gasteiger partial charge < -0.3 is 14.4 Å². The molecule has 3 aromatic rings. The van der Waals surface area contributed by atoms with Crippen molar-refractivity contribution in [1.29, 1.82) is 0 Å². The monoisotopic (exact) mass is 433 g/mol. The maximum atomic E-state index is 15.3. The van der Waals surface area contributed by atoms with Gasteiger partial charge in [0.1, 0.15) is 12.0 Å². The number of carbonyl (C=O) groups is 1. The van der Waals surface area contributed by atoms with Crippen LogP contribution in [0, 0.1) is 6.92 Å². The molecule has 0 N–H and O–H groups in total. The molecule has 5 rings (SSSR count). The van der Waals surface area contributed by atoms with Gasteiger partial charge in [-0.25, -0.2) is 13.9 Å². The van der Waals surface area contributed by atoms with Crippen LogP contribution in [0.15, 0.2) is 30.6 Å². The third kappa shape index (κ3) is 3.53. The number of hydrogen-bond donors (Lipinski definition) is 0. The van der Waals surface area contributed by atoms with Crippen molar-refractivity contribution in [1.82, 2.24) is 24.5 Å². The molecule has 2 aromatic heterocycles. The molecule has 2 unspecified atom stereocenters. The Morgan fingerprint density at radius 1 is 1.19 bits per heavy atom. The summed E-state index contributed by atoms with van der Waals surface area (Å²) < 4.78 is 52.2. The first-order chi connectivity index (χ1) is 14.6. The summed E-state index contributed by atoms with van der Waals surface area (Å²) in [4.78, 5) is 22.9. The predicted octanol–water partition coefficient (Wildman–Crippen LogP) is 3.11. The molecule has 11 heteroatoms. The van der Waals surface area contributed by atoms with Crippen LogP contribution in [0.2, 0.25) is 0 Å². The molecule has 2 aliphatic rings. The first-order valence-electron chi connectivity index (χ1n) is 9.66. The molecule has 0 aliphatic carbocycles. The van der Waals surface area contributed by atoms with Gasteiger partial charge in [-0.2, -0.15) is 10.1 Å². The molecule has 0 spiro atoms. The van der Waals surface area contributed by atoms with Gasteiger partial charge in [0.2, 0.25) is 0 Å². The van der Waals surface area contributed by atoms with Crippen molar-refractivity contribution in [3.63, 3.8) is 0 Å². The minimum absolute atomic E-state index is 0.105. The van der Waals surface area contributed by atoms with E-state index in [0.29, 0.717) is 17.2 Å². The summed E-state index contributed by atoms with van der Waals surface area (Å²) in [5.41, 5.74) is -0.150. The fraction of sp³-hybridized carbons (Fsp3) is 0.400. The number of aryl methyl sites for hydroxylation is 1. The van der Waals surface area contributed by atoms with Gasteiger partial charge >= 0.3 is 6.29 Å². The molecule has 8 nitrogen and oxygen atoms in total. The number of aromatic nitrogens is 4. The van der Waals surface area contributed by atoms with E-state index >= 15 is 4.39 Å². The number of piperidine rings is 1. The molecule has 1 fully saturated rings. The lowest BCUT2D eigenvalue weighted by atomic mass is 9.85. The summed E-state index contributed by atoms with van der Waals surface area (Å²) in [6, 6.07) is 5.59. The Labute approximate surface area is 174 Å². The van der Waals surface area contributed by atoms with Gasteiger partial charge in [-0.3, -0.25) is 4.79 Å². The number of hydrogen-bond acceptors (Lipinski definition) is 6. The summed E-state index contributed by atoms with van der Waals surface area (Å²) in [5, 5.41) is 4.18. The molecule has 0 radical (unpaired) electrons. The smallest absolute Gasteiger partial charge is 0.395 e. The summed E-state index contributed by atoms with van der Waals surface area (Å²) in [6.45, 7) is 3.34. The van der Waals surface area contributed by atoms with Gasteiger partial charge in [-0.15, -0.1) is 8.78 Å². The Bertz CT molecular complexity index is 1200. The van der Waals surface area contributed by atoms with E-state index < -0.39 is 17.9 Å². The van der Waals surface area contributed by atoms with Gasteiger partial charge in [0.15, 0.2) is 11.5 Å². The van der Waals surface area contributed by atoms with E-state index in [1.807, 2.05) is 0 Å². The molecule has 0 bridgehead atoms. The summed E-state index contributed by atoms with van der Waals surface area (Å²) in [5.74, 6) is -0.848. The maximum Gasteiger partial charge on any atom is 0.586 e. The second-order valence-corrected chi connectivity index (χ2v) is 8.12. The Kier molecular flexibility index (Phi) is 4.15. The molecular formula is C20H18F3N5O3. The number of carbonyl (C=O) groups excluding carboxylic acids is 1. The highest BCUT2D eigenvalue weighted by Gasteiger charge is 2.44. The first-order valence-corrected chi connectivity index (χ1v) is 9.66. The minimum Gasteiger partial charge on any atom is -0.395 e. The third-order valence-electron chi connectivity index (χ3n) is 5.39. The minimum atomic E-state index is -3.78. The lowest BCUT2D eigenvalue weighted by molar-refractivity contribution is -0.286. The molecule has 31 heavy (non-hydrogen) atoms. The highest BCUT2D eigenvalue weighted by molar-refractivity contribution is 5.95. The number of amides is 1. The molecule has 2 aliphatic heterocycles. The number of halogens is 3. The van der Waals surface area contributed by atoms with Crippen LogP contribution in [0.25, 0.3) is 5.78 Å². The molecule has 0 saturated carbocycles. The lowest BCUT2D eigenvalue weighted by Gasteiger charge is -2.40. The average molecular weight is 433 g/mol. The number of nitrogens with zero attached hydrogens (tertiary/aromatic N) is 5. The summed E-state index contributed by atoms with van der Waals surface area (Å²) in [6.07, 6.45) is -2.23. The quantitative estimate of drug-likeness (QED) is 0.618. The van der Waals surface area contributed by atoms with Gasteiger partial charge in [0.05, 0.1) is 12.2 Å². The normalized spacial score (nSPS) is 24.5. The SMILES string of the molecule is Cc1cc(C2CN(C(=O)c3ccc4c(c3)OC(F)(F)O4)CC(C)(F)C2)n2ncnc2n1. The topological polar surface area (TPSA) is 81.9 Å². The van der Waals surface area contributed by atoms with E-state index in [4.69, 9.17) is 0 Å². The molecule has 162 valence electrons. The van der Waals surface area contributed by atoms with Crippen LogP contribution in [0.3, 0.4) is 0 Å². The van der Waals surface area contributed by atoms with Crippen molar-refractivity contribution in [2.45, 2.75) is 38.1 Å². The van der Waals surface area contributed by atoms with Crippen molar-refractivity contribution in [3.05, 3.63) is 47.5 Å². The maximum absolute atomic E-state index is 15.3. The summed E-state index contributed by atoms with van der Waals surface area (Å²) in [7, 11) is 0. The largest absolute Gasteiger partial charge is 0.586 e. The average Bonchev–Trinajstić information content (AvgIpc) is 3.26. The van der Waals surface area contributed by atoms with Gasteiger partial charge in [0, 0.05) is 23.7 Å². The highest BCUT2D eigenvalue weighted by atomic mass is 19.3. The van der Waals surface area contributed by atoms with Crippen LogP contribution >= 0.6 is 0 Å². The number of fused-ring (bicyclic) bond motifs is 2. The van der Waals surface area contributed by atoms with Crippen LogP contribution in [0.5, 0.6) is 11.5 Å². The van der Waals surface area contributed by atoms with Crippen molar-refractivity contribution < 1.29 is 27.4 Å². The van der Waals surface area contributed by atoms with Gasteiger partial charge in [-0.05, 0) is 44.5 Å². The lowest BCUT2D eigenvalue weighted by Crippen LogP contribution is -2.49. The zero-order valence-corrected chi connectivity index (χ0v) is 16.7. The second-order valence-electron chi connectivity index (χ2n) is 8.12. The van der Waals surface area contributed by atoms with E-state index in [1.54, 1.807) is 17.5 Å². The molecule has 1 amide bonds. The van der Waals surface area contributed by atoms with Crippen LogP contribution < -0.4 is 9.47 Å². The second kappa shape index (κ2) is 6.56. The molecular weight excluding hydrogens is 415 g/mol. The first kappa shape index (κ1) is 19.6. The van der Waals surface area contributed by atoms with E-state index in [9.17, 15) is 13.6 Å². The van der Waals surface area contributed by atoms with Crippen LogP contribution in [0.4, 0.5) is 13.2 Å². The fourth-order valence-corrected chi connectivity index (χ4v) is 4.24. The molecule has 1 aromatic carbocycles. The van der Waals surface area contributed by atoms with Crippen LogP contribution in [-0.4, -0.2) is 55.4 Å². The number of ether oxygens (including phenoxy) is 2. The van der Waals surface area contributed by atoms with Crippen molar-refractivity contribution in [3.8, 4) is 11.5 Å². The Morgan fingerprint density at radius 2 is 1.97 bits per heavy atom. The van der Waals surface area contributed by atoms with E-state index in [-0.39, 0.29) is 42.5 Å². The van der Waals surface area contributed by atoms with Crippen molar-refractivity contribution in [2.24, 2.45) is 0 Å². The zero-order valence-electron chi connectivity index (χ0n) is 16.7. The highest BCUT2D eigenvalue weighted by Crippen LogP contribution is 2.42. The number of alkyl halides is 3. The Morgan fingerprint density at radius 3 is 2.77 bits per heavy atom. The Balaban J connectivity index is 1.46. The van der Waals surface area contributed by atoms with E-state index in [2.05, 4.69) is 24.5 Å². The molecule has 2 atom stereocenters. The standard InChI is InChI=1S/C20H18F3N5O3/c1-11-5-14(28-18(26-11)24-10-25-28)13-7-19(2,21)9-27(8-13)17(29)12-3-4-15-16(6-12)31-20(22,23)30-15/h3-6,10,13H,7-9H2,1-2H3. The van der Waals surface area contributed by atoms with Crippen molar-refractivity contribution >= 4 is 11.7 Å². The predicted molar refractivity (Wildman–Crippen MR) is 101 cm³/mol. The fourth-order valence-electron chi connectivity index (χ4n) is 4.24. The van der Waals surface area contributed by atoms with E-state index in [0.717, 1.165) is 0 Å². The van der Waals surface area contributed by atoms with Crippen LogP contribution in [-0.2, 0) is 0 Å². The number of likely N-dealkylation sites (tertiary alicyclic amines) is 1. The number of rotatable bonds is 2. The number of benzene rings is 1. The van der Waals surface area contributed by atoms with Crippen LogP contribution in [0.1, 0.15) is 41.0 Å². The molecule has 1 saturated heterocycles. The summed E-state index contributed by atoms with van der Waals surface area (Å²) >= 11 is 0. The Hall–Kier alpha value is -3.37. The molecule has 4 heterocycles. The van der Waals surface area contributed by atoms with Gasteiger partial charge in [-0.1, -0.05) is 0 Å². The van der Waals surface area contributed by atoms with Gasteiger partial charge in [0.25, 0.3) is 11.7 Å². The van der Waals surface area contributed by atoms with E-state index in [1.165, 1.54) is 36.4 Å².